The molecule has 0 radical (unpaired) electrons. The lowest BCUT2D eigenvalue weighted by Gasteiger charge is -2.35. The van der Waals surface area contributed by atoms with Gasteiger partial charge in [-0.3, -0.25) is 4.79 Å². The van der Waals surface area contributed by atoms with Gasteiger partial charge >= 0.3 is 5.97 Å². The normalized spacial score (nSPS) is 26.8. The van der Waals surface area contributed by atoms with Gasteiger partial charge in [0.1, 0.15) is 6.04 Å². The Balaban J connectivity index is 2.36. The van der Waals surface area contributed by atoms with E-state index in [4.69, 9.17) is 4.74 Å². The fourth-order valence-electron chi connectivity index (χ4n) is 1.30. The van der Waals surface area contributed by atoms with Crippen molar-refractivity contribution < 1.29 is 9.53 Å². The van der Waals surface area contributed by atoms with E-state index in [1.807, 2.05) is 6.92 Å². The van der Waals surface area contributed by atoms with Gasteiger partial charge in [-0.2, -0.15) is 0 Å². The standard InChI is InChI=1S/C9H18N2O2/c1-4-13-8(12)7-5-11-9(2,3)6-10-7/h7,10-11H,4-6H2,1-3H3. The van der Waals surface area contributed by atoms with Crippen molar-refractivity contribution in [1.82, 2.24) is 10.6 Å². The zero-order valence-corrected chi connectivity index (χ0v) is 8.52. The molecule has 1 atom stereocenters. The first kappa shape index (κ1) is 10.5. The maximum atomic E-state index is 11.3. The van der Waals surface area contributed by atoms with Gasteiger partial charge < -0.3 is 15.4 Å². The first-order chi connectivity index (χ1) is 6.05. The van der Waals surface area contributed by atoms with Gasteiger partial charge in [0.15, 0.2) is 0 Å². The van der Waals surface area contributed by atoms with E-state index in [2.05, 4.69) is 24.5 Å². The van der Waals surface area contributed by atoms with Crippen molar-refractivity contribution in [3.63, 3.8) is 0 Å². The van der Waals surface area contributed by atoms with Gasteiger partial charge in [0, 0.05) is 18.6 Å². The Bertz CT molecular complexity index is 182. The van der Waals surface area contributed by atoms with E-state index in [0.717, 1.165) is 6.54 Å². The summed E-state index contributed by atoms with van der Waals surface area (Å²) in [5, 5.41) is 6.44. The van der Waals surface area contributed by atoms with Crippen LogP contribution >= 0.6 is 0 Å². The number of esters is 1. The molecule has 13 heavy (non-hydrogen) atoms. The number of carbonyl (C=O) groups excluding carboxylic acids is 1. The van der Waals surface area contributed by atoms with Crippen LogP contribution in [0.5, 0.6) is 0 Å². The van der Waals surface area contributed by atoms with Crippen LogP contribution in [0, 0.1) is 0 Å². The predicted octanol–water partition coefficient (Wildman–Crippen LogP) is -0.110. The summed E-state index contributed by atoms with van der Waals surface area (Å²) in [4.78, 5) is 11.3. The van der Waals surface area contributed by atoms with Crippen LogP contribution in [0.25, 0.3) is 0 Å². The van der Waals surface area contributed by atoms with E-state index >= 15 is 0 Å². The minimum atomic E-state index is -0.187. The molecule has 0 amide bonds. The highest BCUT2D eigenvalue weighted by atomic mass is 16.5. The molecule has 0 bridgehead atoms. The molecule has 1 heterocycles. The molecule has 1 aliphatic rings. The van der Waals surface area contributed by atoms with Crippen molar-refractivity contribution >= 4 is 5.97 Å². The Labute approximate surface area is 79.0 Å². The summed E-state index contributed by atoms with van der Waals surface area (Å²) < 4.78 is 4.91. The summed E-state index contributed by atoms with van der Waals surface area (Å²) in [6.07, 6.45) is 0. The second-order valence-corrected chi connectivity index (χ2v) is 3.95. The van der Waals surface area contributed by atoms with E-state index in [0.29, 0.717) is 13.2 Å². The van der Waals surface area contributed by atoms with Gasteiger partial charge in [-0.25, -0.2) is 0 Å². The molecule has 1 saturated heterocycles. The summed E-state index contributed by atoms with van der Waals surface area (Å²) in [6.45, 7) is 7.89. The van der Waals surface area contributed by atoms with E-state index in [1.165, 1.54) is 0 Å². The van der Waals surface area contributed by atoms with Crippen molar-refractivity contribution in [1.29, 1.82) is 0 Å². The highest BCUT2D eigenvalue weighted by molar-refractivity contribution is 5.76. The number of ether oxygens (including phenoxy) is 1. The molecule has 0 aromatic carbocycles. The third-order valence-electron chi connectivity index (χ3n) is 2.15. The number of hydrogen-bond acceptors (Lipinski definition) is 4. The molecule has 2 N–H and O–H groups in total. The van der Waals surface area contributed by atoms with Gasteiger partial charge in [-0.05, 0) is 20.8 Å². The average molecular weight is 186 g/mol. The van der Waals surface area contributed by atoms with E-state index < -0.39 is 0 Å². The molecule has 0 spiro atoms. The minimum Gasteiger partial charge on any atom is -0.465 e. The number of nitrogens with one attached hydrogen (secondary N) is 2. The zero-order chi connectivity index (χ0) is 9.90. The third-order valence-corrected chi connectivity index (χ3v) is 2.15. The molecular formula is C9H18N2O2. The summed E-state index contributed by atoms with van der Waals surface area (Å²) in [5.74, 6) is -0.162. The fourth-order valence-corrected chi connectivity index (χ4v) is 1.30. The Morgan fingerprint density at radius 2 is 2.31 bits per heavy atom. The Kier molecular flexibility index (Phi) is 3.27. The lowest BCUT2D eigenvalue weighted by Crippen LogP contribution is -2.62. The second-order valence-electron chi connectivity index (χ2n) is 3.95. The maximum absolute atomic E-state index is 11.3. The van der Waals surface area contributed by atoms with Crippen molar-refractivity contribution in [2.75, 3.05) is 19.7 Å². The fraction of sp³-hybridized carbons (Fsp3) is 0.889. The highest BCUT2D eigenvalue weighted by Gasteiger charge is 2.29. The minimum absolute atomic E-state index is 0.0724. The molecule has 4 nitrogen and oxygen atoms in total. The maximum Gasteiger partial charge on any atom is 0.324 e. The van der Waals surface area contributed by atoms with E-state index in [9.17, 15) is 4.79 Å². The quantitative estimate of drug-likeness (QED) is 0.591. The van der Waals surface area contributed by atoms with Crippen molar-refractivity contribution in [3.05, 3.63) is 0 Å². The molecule has 1 rings (SSSR count). The largest absolute Gasteiger partial charge is 0.465 e. The lowest BCUT2D eigenvalue weighted by atomic mass is 10.0. The number of rotatable bonds is 2. The van der Waals surface area contributed by atoms with Gasteiger partial charge in [-0.15, -0.1) is 0 Å². The molecule has 0 aliphatic carbocycles. The van der Waals surface area contributed by atoms with Gasteiger partial charge in [-0.1, -0.05) is 0 Å². The van der Waals surface area contributed by atoms with Gasteiger partial charge in [0.05, 0.1) is 6.61 Å². The molecule has 4 heteroatoms. The van der Waals surface area contributed by atoms with Crippen LogP contribution in [0.4, 0.5) is 0 Å². The Morgan fingerprint density at radius 3 is 2.77 bits per heavy atom. The topological polar surface area (TPSA) is 50.4 Å². The third kappa shape index (κ3) is 2.97. The van der Waals surface area contributed by atoms with Crippen molar-refractivity contribution in [2.24, 2.45) is 0 Å². The summed E-state index contributed by atoms with van der Waals surface area (Å²) in [7, 11) is 0. The van der Waals surface area contributed by atoms with Crippen LogP contribution in [-0.2, 0) is 9.53 Å². The first-order valence-corrected chi connectivity index (χ1v) is 4.70. The molecule has 0 saturated carbocycles. The summed E-state index contributed by atoms with van der Waals surface area (Å²) >= 11 is 0. The van der Waals surface area contributed by atoms with Crippen LogP contribution in [0.1, 0.15) is 20.8 Å². The predicted molar refractivity (Wildman–Crippen MR) is 50.5 cm³/mol. The lowest BCUT2D eigenvalue weighted by molar-refractivity contribution is -0.146. The molecule has 76 valence electrons. The Hall–Kier alpha value is -0.610. The monoisotopic (exact) mass is 186 g/mol. The first-order valence-electron chi connectivity index (χ1n) is 4.70. The Morgan fingerprint density at radius 1 is 1.62 bits per heavy atom. The molecule has 1 unspecified atom stereocenters. The van der Waals surface area contributed by atoms with Crippen molar-refractivity contribution in [2.45, 2.75) is 32.4 Å². The number of carbonyl (C=O) groups is 1. The average Bonchev–Trinajstić information content (AvgIpc) is 2.04. The number of piperazine rings is 1. The van der Waals surface area contributed by atoms with Crippen LogP contribution < -0.4 is 10.6 Å². The molecule has 0 aromatic rings. The van der Waals surface area contributed by atoms with Crippen LogP contribution in [0.2, 0.25) is 0 Å². The summed E-state index contributed by atoms with van der Waals surface area (Å²) in [6, 6.07) is -0.187. The molecule has 1 aliphatic heterocycles. The summed E-state index contributed by atoms with van der Waals surface area (Å²) in [5.41, 5.74) is 0.0724. The van der Waals surface area contributed by atoms with E-state index in [-0.39, 0.29) is 17.6 Å². The number of hydrogen-bond donors (Lipinski definition) is 2. The van der Waals surface area contributed by atoms with Crippen LogP contribution in [0.3, 0.4) is 0 Å². The van der Waals surface area contributed by atoms with Crippen LogP contribution in [0.15, 0.2) is 0 Å². The smallest absolute Gasteiger partial charge is 0.324 e. The van der Waals surface area contributed by atoms with Gasteiger partial charge in [0.2, 0.25) is 0 Å². The second kappa shape index (κ2) is 4.07. The van der Waals surface area contributed by atoms with Gasteiger partial charge in [0.25, 0.3) is 0 Å². The van der Waals surface area contributed by atoms with Crippen LogP contribution in [-0.4, -0.2) is 37.2 Å². The van der Waals surface area contributed by atoms with E-state index in [1.54, 1.807) is 0 Å². The van der Waals surface area contributed by atoms with Crippen molar-refractivity contribution in [3.8, 4) is 0 Å². The zero-order valence-electron chi connectivity index (χ0n) is 8.52. The molecule has 0 aromatic heterocycles. The molecule has 1 fully saturated rings. The highest BCUT2D eigenvalue weighted by Crippen LogP contribution is 2.06. The molecular weight excluding hydrogens is 168 g/mol. The SMILES string of the molecule is CCOC(=O)C1CNC(C)(C)CN1.